The number of hydrogen-bond acceptors (Lipinski definition) is 3. The van der Waals surface area contributed by atoms with Crippen molar-refractivity contribution in [2.45, 2.75) is 32.2 Å². The van der Waals surface area contributed by atoms with E-state index >= 15 is 0 Å². The van der Waals surface area contributed by atoms with Crippen LogP contribution in [0.2, 0.25) is 0 Å². The van der Waals surface area contributed by atoms with Gasteiger partial charge in [-0.2, -0.15) is 0 Å². The van der Waals surface area contributed by atoms with E-state index < -0.39 is 0 Å². The van der Waals surface area contributed by atoms with Gasteiger partial charge in [0, 0.05) is 40.8 Å². The monoisotopic (exact) mass is 367 g/mol. The molecule has 0 atom stereocenters. The molecule has 0 radical (unpaired) electrons. The highest BCUT2D eigenvalue weighted by Crippen LogP contribution is 2.30. The van der Waals surface area contributed by atoms with E-state index in [4.69, 9.17) is 0 Å². The standard InChI is InChI=1S/C21H25N3OS/c1-23(2)11-12-24-10-9-15-13-17(7-8-18(15)24)22-21(25)20-14-16-5-3-4-6-19(16)26-20/h7-10,13-14H,3-6,11-12H2,1-2H3,(H,22,25). The van der Waals surface area contributed by atoms with Crippen LogP contribution < -0.4 is 5.32 Å². The van der Waals surface area contributed by atoms with Crippen molar-refractivity contribution in [3.8, 4) is 0 Å². The van der Waals surface area contributed by atoms with Crippen LogP contribution in [0.15, 0.2) is 36.5 Å². The number of aromatic nitrogens is 1. The zero-order chi connectivity index (χ0) is 18.1. The summed E-state index contributed by atoms with van der Waals surface area (Å²) in [6.07, 6.45) is 6.85. The summed E-state index contributed by atoms with van der Waals surface area (Å²) in [5.74, 6) is 0.00999. The first-order valence-electron chi connectivity index (χ1n) is 9.27. The minimum atomic E-state index is 0.00999. The molecule has 0 saturated carbocycles. The van der Waals surface area contributed by atoms with Gasteiger partial charge in [0.25, 0.3) is 5.91 Å². The molecule has 1 aliphatic carbocycles. The van der Waals surface area contributed by atoms with Crippen LogP contribution in [0.25, 0.3) is 10.9 Å². The fourth-order valence-corrected chi connectivity index (χ4v) is 4.72. The normalized spacial score (nSPS) is 14.0. The first-order chi connectivity index (χ1) is 12.6. The van der Waals surface area contributed by atoms with E-state index in [1.165, 1.54) is 28.8 Å². The molecule has 1 amide bonds. The second-order valence-corrected chi connectivity index (χ2v) is 8.44. The minimum Gasteiger partial charge on any atom is -0.346 e. The van der Waals surface area contributed by atoms with Crippen LogP contribution in [0, 0.1) is 0 Å². The molecule has 136 valence electrons. The summed E-state index contributed by atoms with van der Waals surface area (Å²) in [6.45, 7) is 1.97. The van der Waals surface area contributed by atoms with E-state index in [1.54, 1.807) is 11.3 Å². The van der Waals surface area contributed by atoms with Gasteiger partial charge in [0.05, 0.1) is 4.88 Å². The molecule has 0 spiro atoms. The van der Waals surface area contributed by atoms with Gasteiger partial charge in [-0.05, 0) is 75.7 Å². The first kappa shape index (κ1) is 17.3. The molecule has 0 fully saturated rings. The quantitative estimate of drug-likeness (QED) is 0.726. The highest BCUT2D eigenvalue weighted by atomic mass is 32.1. The average Bonchev–Trinajstić information content (AvgIpc) is 3.23. The number of likely N-dealkylation sites (N-methyl/N-ethyl adjacent to an activating group) is 1. The molecule has 4 rings (SSSR count). The lowest BCUT2D eigenvalue weighted by Gasteiger charge is -2.11. The van der Waals surface area contributed by atoms with Crippen molar-refractivity contribution < 1.29 is 4.79 Å². The molecule has 0 bridgehead atoms. The zero-order valence-corrected chi connectivity index (χ0v) is 16.2. The summed E-state index contributed by atoms with van der Waals surface area (Å²) >= 11 is 1.66. The smallest absolute Gasteiger partial charge is 0.265 e. The van der Waals surface area contributed by atoms with Crippen molar-refractivity contribution >= 4 is 33.8 Å². The minimum absolute atomic E-state index is 0.00999. The Hall–Kier alpha value is -2.11. The van der Waals surface area contributed by atoms with Crippen LogP contribution >= 0.6 is 11.3 Å². The largest absolute Gasteiger partial charge is 0.346 e. The maximum atomic E-state index is 12.6. The summed E-state index contributed by atoms with van der Waals surface area (Å²) in [5, 5.41) is 4.23. The number of aryl methyl sites for hydroxylation is 2. The number of nitrogens with one attached hydrogen (secondary N) is 1. The molecule has 5 heteroatoms. The van der Waals surface area contributed by atoms with Crippen LogP contribution in [-0.2, 0) is 19.4 Å². The fraction of sp³-hybridized carbons (Fsp3) is 0.381. The SMILES string of the molecule is CN(C)CCn1ccc2cc(NC(=O)c3cc4c(s3)CCCC4)ccc21. The van der Waals surface area contributed by atoms with Crippen LogP contribution in [0.5, 0.6) is 0 Å². The maximum Gasteiger partial charge on any atom is 0.265 e. The molecule has 2 aromatic heterocycles. The van der Waals surface area contributed by atoms with Gasteiger partial charge in [-0.3, -0.25) is 4.79 Å². The Balaban J connectivity index is 1.50. The van der Waals surface area contributed by atoms with E-state index in [0.29, 0.717) is 0 Å². The van der Waals surface area contributed by atoms with Gasteiger partial charge in [-0.25, -0.2) is 0 Å². The average molecular weight is 368 g/mol. The van der Waals surface area contributed by atoms with Crippen molar-refractivity contribution in [3.05, 3.63) is 51.8 Å². The van der Waals surface area contributed by atoms with Crippen molar-refractivity contribution in [2.75, 3.05) is 26.0 Å². The predicted molar refractivity (Wildman–Crippen MR) is 109 cm³/mol. The summed E-state index contributed by atoms with van der Waals surface area (Å²) in [5.41, 5.74) is 3.44. The summed E-state index contributed by atoms with van der Waals surface area (Å²) in [6, 6.07) is 10.4. The lowest BCUT2D eigenvalue weighted by Crippen LogP contribution is -2.17. The van der Waals surface area contributed by atoms with E-state index in [-0.39, 0.29) is 5.91 Å². The molecule has 1 aromatic carbocycles. The number of amides is 1. The van der Waals surface area contributed by atoms with E-state index in [2.05, 4.69) is 59.3 Å². The van der Waals surface area contributed by atoms with Crippen molar-refractivity contribution in [2.24, 2.45) is 0 Å². The van der Waals surface area contributed by atoms with Gasteiger partial charge in [-0.15, -0.1) is 11.3 Å². The highest BCUT2D eigenvalue weighted by molar-refractivity contribution is 7.14. The Bertz CT molecular complexity index is 915. The molecule has 4 nitrogen and oxygen atoms in total. The zero-order valence-electron chi connectivity index (χ0n) is 15.4. The number of rotatable bonds is 5. The molecule has 2 heterocycles. The molecule has 1 N–H and O–H groups in total. The maximum absolute atomic E-state index is 12.6. The molecule has 3 aromatic rings. The van der Waals surface area contributed by atoms with Crippen LogP contribution in [0.1, 0.15) is 33.0 Å². The fourth-order valence-electron chi connectivity index (χ4n) is 3.58. The lowest BCUT2D eigenvalue weighted by atomic mass is 9.99. The summed E-state index contributed by atoms with van der Waals surface area (Å²) in [4.78, 5) is 17.1. The molecule has 0 saturated heterocycles. The molecule has 1 aliphatic rings. The first-order valence-corrected chi connectivity index (χ1v) is 10.1. The van der Waals surface area contributed by atoms with Crippen LogP contribution in [0.3, 0.4) is 0 Å². The van der Waals surface area contributed by atoms with Crippen molar-refractivity contribution in [3.63, 3.8) is 0 Å². The third kappa shape index (κ3) is 3.55. The molecular weight excluding hydrogens is 342 g/mol. The number of carbonyl (C=O) groups excluding carboxylic acids is 1. The number of thiophene rings is 1. The van der Waals surface area contributed by atoms with Gasteiger partial charge in [-0.1, -0.05) is 0 Å². The number of benzene rings is 1. The van der Waals surface area contributed by atoms with E-state index in [9.17, 15) is 4.79 Å². The number of hydrogen-bond donors (Lipinski definition) is 1. The third-order valence-electron chi connectivity index (χ3n) is 5.04. The third-order valence-corrected chi connectivity index (χ3v) is 6.27. The van der Waals surface area contributed by atoms with Crippen molar-refractivity contribution in [1.29, 1.82) is 0 Å². The van der Waals surface area contributed by atoms with Gasteiger partial charge >= 0.3 is 0 Å². The van der Waals surface area contributed by atoms with Crippen LogP contribution in [0.4, 0.5) is 5.69 Å². The van der Waals surface area contributed by atoms with Crippen molar-refractivity contribution in [1.82, 2.24) is 9.47 Å². The second kappa shape index (κ2) is 7.25. The van der Waals surface area contributed by atoms with Gasteiger partial charge < -0.3 is 14.8 Å². The second-order valence-electron chi connectivity index (χ2n) is 7.31. The summed E-state index contributed by atoms with van der Waals surface area (Å²) in [7, 11) is 4.17. The Kier molecular flexibility index (Phi) is 4.83. The number of carbonyl (C=O) groups is 1. The molecule has 26 heavy (non-hydrogen) atoms. The predicted octanol–water partition coefficient (Wildman–Crippen LogP) is 4.40. The molecule has 0 aliphatic heterocycles. The summed E-state index contributed by atoms with van der Waals surface area (Å²) < 4.78 is 2.26. The van der Waals surface area contributed by atoms with Gasteiger partial charge in [0.1, 0.15) is 0 Å². The molecular formula is C21H25N3OS. The topological polar surface area (TPSA) is 37.3 Å². The number of fused-ring (bicyclic) bond motifs is 2. The molecule has 0 unspecified atom stereocenters. The number of anilines is 1. The Morgan fingerprint density at radius 3 is 2.85 bits per heavy atom. The lowest BCUT2D eigenvalue weighted by molar-refractivity contribution is 0.103. The highest BCUT2D eigenvalue weighted by Gasteiger charge is 2.17. The van der Waals surface area contributed by atoms with E-state index in [1.807, 2.05) is 6.07 Å². The Labute approximate surface area is 158 Å². The van der Waals surface area contributed by atoms with Gasteiger partial charge in [0.15, 0.2) is 0 Å². The Morgan fingerprint density at radius 1 is 1.19 bits per heavy atom. The number of nitrogens with zero attached hydrogens (tertiary/aromatic N) is 2. The Morgan fingerprint density at radius 2 is 2.04 bits per heavy atom. The van der Waals surface area contributed by atoms with Gasteiger partial charge in [0.2, 0.25) is 0 Å². The van der Waals surface area contributed by atoms with Crippen LogP contribution in [-0.4, -0.2) is 36.0 Å². The van der Waals surface area contributed by atoms with E-state index in [0.717, 1.165) is 41.9 Å².